The number of nitrogens with zero attached hydrogens (tertiary/aromatic N) is 1. The van der Waals surface area contributed by atoms with Gasteiger partial charge in [0.1, 0.15) is 0 Å². The van der Waals surface area contributed by atoms with E-state index in [4.69, 9.17) is 13.9 Å². The van der Waals surface area contributed by atoms with E-state index >= 15 is 0 Å². The minimum Gasteiger partial charge on any atom is -0.493 e. The van der Waals surface area contributed by atoms with Crippen LogP contribution in [0.4, 0.5) is 0 Å². The van der Waals surface area contributed by atoms with Crippen LogP contribution in [-0.2, 0) is 0 Å². The first-order valence-corrected chi connectivity index (χ1v) is 6.92. The first kappa shape index (κ1) is 15.6. The van der Waals surface area contributed by atoms with Crippen molar-refractivity contribution in [1.82, 2.24) is 5.43 Å². The molecule has 1 heterocycles. The number of hydrazone groups is 1. The van der Waals surface area contributed by atoms with Crippen molar-refractivity contribution in [2.75, 3.05) is 13.7 Å². The molecule has 0 saturated carbocycles. The number of furan rings is 1. The average Bonchev–Trinajstić information content (AvgIpc) is 3.07. The maximum atomic E-state index is 11.6. The Morgan fingerprint density at radius 2 is 2.23 bits per heavy atom. The van der Waals surface area contributed by atoms with Crippen molar-refractivity contribution in [3.63, 3.8) is 0 Å². The molecule has 2 aromatic rings. The molecule has 0 spiro atoms. The lowest BCUT2D eigenvalue weighted by molar-refractivity contribution is 0.0927. The summed E-state index contributed by atoms with van der Waals surface area (Å²) in [4.78, 5) is 11.6. The monoisotopic (exact) mass is 302 g/mol. The third-order valence-electron chi connectivity index (χ3n) is 2.77. The number of methoxy groups -OCH3 is 1. The summed E-state index contributed by atoms with van der Waals surface area (Å²) < 4.78 is 15.8. The van der Waals surface area contributed by atoms with Crippen LogP contribution in [0.3, 0.4) is 0 Å². The number of ether oxygens (including phenoxy) is 2. The topological polar surface area (TPSA) is 73.1 Å². The normalized spacial score (nSPS) is 10.6. The van der Waals surface area contributed by atoms with Crippen molar-refractivity contribution in [1.29, 1.82) is 0 Å². The molecule has 1 aromatic heterocycles. The highest BCUT2D eigenvalue weighted by atomic mass is 16.5. The van der Waals surface area contributed by atoms with E-state index in [1.807, 2.05) is 19.1 Å². The lowest BCUT2D eigenvalue weighted by Gasteiger charge is -2.10. The number of hydrogen-bond acceptors (Lipinski definition) is 5. The van der Waals surface area contributed by atoms with Gasteiger partial charge in [-0.25, -0.2) is 5.43 Å². The van der Waals surface area contributed by atoms with Crippen LogP contribution < -0.4 is 14.9 Å². The van der Waals surface area contributed by atoms with Crippen LogP contribution in [0.5, 0.6) is 11.5 Å². The summed E-state index contributed by atoms with van der Waals surface area (Å²) in [7, 11) is 1.58. The van der Waals surface area contributed by atoms with Gasteiger partial charge in [0.15, 0.2) is 17.3 Å². The lowest BCUT2D eigenvalue weighted by Crippen LogP contribution is -2.16. The maximum Gasteiger partial charge on any atom is 0.307 e. The van der Waals surface area contributed by atoms with E-state index in [0.29, 0.717) is 18.1 Å². The summed E-state index contributed by atoms with van der Waals surface area (Å²) >= 11 is 0. The van der Waals surface area contributed by atoms with Gasteiger partial charge in [-0.15, -0.1) is 0 Å². The van der Waals surface area contributed by atoms with E-state index in [2.05, 4.69) is 10.5 Å². The van der Waals surface area contributed by atoms with Crippen LogP contribution in [0.2, 0.25) is 0 Å². The molecule has 0 aliphatic heterocycles. The van der Waals surface area contributed by atoms with Gasteiger partial charge in [-0.05, 0) is 42.3 Å². The molecule has 0 fully saturated rings. The second-order valence-corrected chi connectivity index (χ2v) is 4.44. The largest absolute Gasteiger partial charge is 0.493 e. The van der Waals surface area contributed by atoms with Crippen molar-refractivity contribution >= 4 is 12.1 Å². The van der Waals surface area contributed by atoms with Gasteiger partial charge in [0.2, 0.25) is 0 Å². The van der Waals surface area contributed by atoms with Crippen molar-refractivity contribution in [2.45, 2.75) is 13.3 Å². The molecule has 0 radical (unpaired) electrons. The van der Waals surface area contributed by atoms with Gasteiger partial charge in [-0.2, -0.15) is 5.10 Å². The fourth-order valence-electron chi connectivity index (χ4n) is 1.72. The Bertz CT molecular complexity index is 636. The smallest absolute Gasteiger partial charge is 0.307 e. The lowest BCUT2D eigenvalue weighted by atomic mass is 10.2. The highest BCUT2D eigenvalue weighted by Crippen LogP contribution is 2.27. The van der Waals surface area contributed by atoms with Gasteiger partial charge in [0, 0.05) is 0 Å². The molecular formula is C16H18N2O4. The first-order chi connectivity index (χ1) is 10.7. The predicted molar refractivity (Wildman–Crippen MR) is 82.5 cm³/mol. The Kier molecular flexibility index (Phi) is 5.59. The van der Waals surface area contributed by atoms with Crippen LogP contribution >= 0.6 is 0 Å². The second-order valence-electron chi connectivity index (χ2n) is 4.44. The standard InChI is InChI=1S/C16H18N2O4/c1-3-8-21-13-7-6-12(10-15(13)20-2)11-17-18-16(19)14-5-4-9-22-14/h4-7,9-11H,3,8H2,1-2H3,(H,18,19). The number of benzene rings is 1. The third-order valence-corrected chi connectivity index (χ3v) is 2.77. The Morgan fingerprint density at radius 1 is 1.36 bits per heavy atom. The summed E-state index contributed by atoms with van der Waals surface area (Å²) in [5.41, 5.74) is 3.16. The van der Waals surface area contributed by atoms with Crippen molar-refractivity contribution in [2.24, 2.45) is 5.10 Å². The SMILES string of the molecule is CCCOc1ccc(C=NNC(=O)c2ccco2)cc1OC. The fraction of sp³-hybridized carbons (Fsp3) is 0.250. The summed E-state index contributed by atoms with van der Waals surface area (Å²) in [5, 5.41) is 3.88. The summed E-state index contributed by atoms with van der Waals surface area (Å²) in [6.45, 7) is 2.66. The zero-order valence-corrected chi connectivity index (χ0v) is 12.5. The molecule has 0 aliphatic carbocycles. The van der Waals surface area contributed by atoms with Gasteiger partial charge in [-0.1, -0.05) is 6.92 Å². The molecule has 0 aliphatic rings. The Hall–Kier alpha value is -2.76. The molecule has 0 unspecified atom stereocenters. The van der Waals surface area contributed by atoms with Crippen molar-refractivity contribution in [3.8, 4) is 11.5 Å². The first-order valence-electron chi connectivity index (χ1n) is 6.92. The average molecular weight is 302 g/mol. The number of carbonyl (C=O) groups excluding carboxylic acids is 1. The molecule has 6 nitrogen and oxygen atoms in total. The van der Waals surface area contributed by atoms with Crippen molar-refractivity contribution < 1.29 is 18.7 Å². The predicted octanol–water partition coefficient (Wildman–Crippen LogP) is 2.84. The van der Waals surface area contributed by atoms with E-state index in [9.17, 15) is 4.79 Å². The van der Waals surface area contributed by atoms with Crippen LogP contribution in [0.1, 0.15) is 29.5 Å². The van der Waals surface area contributed by atoms with E-state index in [1.54, 1.807) is 25.3 Å². The Balaban J connectivity index is 2.00. The van der Waals surface area contributed by atoms with Crippen LogP contribution in [0.25, 0.3) is 0 Å². The van der Waals surface area contributed by atoms with E-state index in [0.717, 1.165) is 12.0 Å². The Morgan fingerprint density at radius 3 is 2.91 bits per heavy atom. The van der Waals surface area contributed by atoms with Crippen LogP contribution in [0, 0.1) is 0 Å². The third kappa shape index (κ3) is 4.12. The van der Waals surface area contributed by atoms with Crippen LogP contribution in [0.15, 0.2) is 46.1 Å². The number of carbonyl (C=O) groups is 1. The highest BCUT2D eigenvalue weighted by Gasteiger charge is 2.07. The molecular weight excluding hydrogens is 284 g/mol. The van der Waals surface area contributed by atoms with Gasteiger partial charge in [0.05, 0.1) is 26.2 Å². The Labute approximate surface area is 128 Å². The molecule has 2 rings (SSSR count). The minimum absolute atomic E-state index is 0.207. The highest BCUT2D eigenvalue weighted by molar-refractivity contribution is 5.92. The fourth-order valence-corrected chi connectivity index (χ4v) is 1.72. The number of nitrogens with one attached hydrogen (secondary N) is 1. The quantitative estimate of drug-likeness (QED) is 0.630. The van der Waals surface area contributed by atoms with E-state index in [1.165, 1.54) is 12.5 Å². The maximum absolute atomic E-state index is 11.6. The molecule has 22 heavy (non-hydrogen) atoms. The molecule has 0 atom stereocenters. The molecule has 1 amide bonds. The summed E-state index contributed by atoms with van der Waals surface area (Å²) in [6, 6.07) is 8.63. The van der Waals surface area contributed by atoms with Crippen molar-refractivity contribution in [3.05, 3.63) is 47.9 Å². The molecule has 1 aromatic carbocycles. The zero-order valence-electron chi connectivity index (χ0n) is 12.5. The van der Waals surface area contributed by atoms with Crippen LogP contribution in [-0.4, -0.2) is 25.8 Å². The molecule has 116 valence electrons. The van der Waals surface area contributed by atoms with E-state index < -0.39 is 5.91 Å². The van der Waals surface area contributed by atoms with Gasteiger partial charge in [0.25, 0.3) is 0 Å². The van der Waals surface area contributed by atoms with Gasteiger partial charge >= 0.3 is 5.91 Å². The zero-order chi connectivity index (χ0) is 15.8. The molecule has 0 bridgehead atoms. The second kappa shape index (κ2) is 7.87. The molecule has 1 N–H and O–H groups in total. The number of rotatable bonds is 7. The minimum atomic E-state index is -0.406. The molecule has 0 saturated heterocycles. The summed E-state index contributed by atoms with van der Waals surface area (Å²) in [6.07, 6.45) is 3.87. The van der Waals surface area contributed by atoms with Gasteiger partial charge < -0.3 is 13.9 Å². The molecule has 6 heteroatoms. The number of amides is 1. The van der Waals surface area contributed by atoms with Gasteiger partial charge in [-0.3, -0.25) is 4.79 Å². The summed E-state index contributed by atoms with van der Waals surface area (Å²) in [5.74, 6) is 1.10. The van der Waals surface area contributed by atoms with E-state index in [-0.39, 0.29) is 5.76 Å². The number of hydrogen-bond donors (Lipinski definition) is 1.